The largest absolute Gasteiger partial charge is 0.374 e. The molecular weight excluding hydrogens is 242 g/mol. The molecule has 0 bridgehead atoms. The monoisotopic (exact) mass is 265 g/mol. The standard InChI is InChI=1S/C13H23N5O/c1-4-18-5-6-19-11(9-18)8-15-12-10(2)7-16-13(14-3)17-12/h7,11H,4-6,8-9H2,1-3H3,(H2,14,15,16,17). The SMILES string of the molecule is CCN1CCOC(CNc2nc(NC)ncc2C)C1. The summed E-state index contributed by atoms with van der Waals surface area (Å²) in [7, 11) is 1.82. The highest BCUT2D eigenvalue weighted by molar-refractivity contribution is 5.46. The zero-order valence-electron chi connectivity index (χ0n) is 11.9. The lowest BCUT2D eigenvalue weighted by molar-refractivity contribution is -0.0192. The number of aryl methyl sites for hydroxylation is 1. The maximum absolute atomic E-state index is 5.76. The van der Waals surface area contributed by atoms with E-state index in [-0.39, 0.29) is 6.10 Å². The first-order chi connectivity index (χ1) is 9.22. The minimum absolute atomic E-state index is 0.223. The zero-order chi connectivity index (χ0) is 13.7. The average Bonchev–Trinajstić information content (AvgIpc) is 2.46. The molecular formula is C13H23N5O. The second-order valence-corrected chi connectivity index (χ2v) is 4.74. The molecule has 1 aliphatic heterocycles. The topological polar surface area (TPSA) is 62.3 Å². The molecule has 0 radical (unpaired) electrons. The molecule has 0 saturated carbocycles. The highest BCUT2D eigenvalue weighted by Crippen LogP contribution is 2.13. The van der Waals surface area contributed by atoms with E-state index in [4.69, 9.17) is 4.74 Å². The Morgan fingerprint density at radius 2 is 2.37 bits per heavy atom. The highest BCUT2D eigenvalue weighted by atomic mass is 16.5. The van der Waals surface area contributed by atoms with Crippen LogP contribution in [0.3, 0.4) is 0 Å². The molecule has 1 saturated heterocycles. The van der Waals surface area contributed by atoms with Crippen molar-refractivity contribution in [2.45, 2.75) is 20.0 Å². The Labute approximate surface area is 114 Å². The Balaban J connectivity index is 1.91. The highest BCUT2D eigenvalue weighted by Gasteiger charge is 2.19. The molecule has 0 aliphatic carbocycles. The molecule has 1 atom stereocenters. The number of ether oxygens (including phenoxy) is 1. The Morgan fingerprint density at radius 3 is 3.11 bits per heavy atom. The van der Waals surface area contributed by atoms with Crippen molar-refractivity contribution in [1.29, 1.82) is 0 Å². The number of morpholine rings is 1. The first-order valence-electron chi connectivity index (χ1n) is 6.82. The molecule has 0 amide bonds. The Morgan fingerprint density at radius 1 is 1.53 bits per heavy atom. The minimum atomic E-state index is 0.223. The fourth-order valence-corrected chi connectivity index (χ4v) is 2.14. The summed E-state index contributed by atoms with van der Waals surface area (Å²) in [4.78, 5) is 11.0. The summed E-state index contributed by atoms with van der Waals surface area (Å²) in [6.07, 6.45) is 2.04. The summed E-state index contributed by atoms with van der Waals surface area (Å²) in [5.74, 6) is 1.50. The molecule has 6 heteroatoms. The normalized spacial score (nSPS) is 20.3. The van der Waals surface area contributed by atoms with Gasteiger partial charge in [0.05, 0.1) is 12.7 Å². The van der Waals surface area contributed by atoms with Crippen LogP contribution >= 0.6 is 0 Å². The summed E-state index contributed by atoms with van der Waals surface area (Å²) in [6.45, 7) is 8.86. The Bertz CT molecular complexity index is 412. The van der Waals surface area contributed by atoms with Crippen LogP contribution in [-0.2, 0) is 4.74 Å². The van der Waals surface area contributed by atoms with Crippen LogP contribution in [0.5, 0.6) is 0 Å². The molecule has 6 nitrogen and oxygen atoms in total. The van der Waals surface area contributed by atoms with Crippen molar-refractivity contribution < 1.29 is 4.74 Å². The van der Waals surface area contributed by atoms with Gasteiger partial charge in [-0.2, -0.15) is 4.98 Å². The van der Waals surface area contributed by atoms with Gasteiger partial charge in [0.25, 0.3) is 0 Å². The molecule has 0 spiro atoms. The van der Waals surface area contributed by atoms with Crippen LogP contribution < -0.4 is 10.6 Å². The predicted molar refractivity (Wildman–Crippen MR) is 76.7 cm³/mol. The van der Waals surface area contributed by atoms with Gasteiger partial charge >= 0.3 is 0 Å². The number of anilines is 2. The lowest BCUT2D eigenvalue weighted by Gasteiger charge is -2.32. The Kier molecular flexibility index (Phi) is 4.93. The van der Waals surface area contributed by atoms with E-state index in [1.54, 1.807) is 0 Å². The maximum Gasteiger partial charge on any atom is 0.224 e. The lowest BCUT2D eigenvalue weighted by atomic mass is 10.2. The number of aromatic nitrogens is 2. The van der Waals surface area contributed by atoms with Crippen LogP contribution in [0.2, 0.25) is 0 Å². The minimum Gasteiger partial charge on any atom is -0.374 e. The van der Waals surface area contributed by atoms with E-state index in [1.807, 2.05) is 20.2 Å². The first kappa shape index (κ1) is 14.0. The van der Waals surface area contributed by atoms with Gasteiger partial charge in [-0.1, -0.05) is 6.92 Å². The van der Waals surface area contributed by atoms with Crippen LogP contribution in [0.25, 0.3) is 0 Å². The molecule has 1 aliphatic rings. The molecule has 1 aromatic heterocycles. The van der Waals surface area contributed by atoms with Crippen LogP contribution in [0.15, 0.2) is 6.20 Å². The molecule has 19 heavy (non-hydrogen) atoms. The third-order valence-electron chi connectivity index (χ3n) is 3.36. The number of likely N-dealkylation sites (N-methyl/N-ethyl adjacent to an activating group) is 1. The smallest absolute Gasteiger partial charge is 0.224 e. The molecule has 1 fully saturated rings. The van der Waals surface area contributed by atoms with E-state index in [0.717, 1.165) is 44.2 Å². The zero-order valence-corrected chi connectivity index (χ0v) is 11.9. The van der Waals surface area contributed by atoms with E-state index < -0.39 is 0 Å². The van der Waals surface area contributed by atoms with Gasteiger partial charge in [-0.15, -0.1) is 0 Å². The third-order valence-corrected chi connectivity index (χ3v) is 3.36. The van der Waals surface area contributed by atoms with E-state index >= 15 is 0 Å². The molecule has 2 N–H and O–H groups in total. The van der Waals surface area contributed by atoms with Crippen LogP contribution in [0.4, 0.5) is 11.8 Å². The summed E-state index contributed by atoms with van der Waals surface area (Å²) in [6, 6.07) is 0. The fraction of sp³-hybridized carbons (Fsp3) is 0.692. The van der Waals surface area contributed by atoms with E-state index in [2.05, 4.69) is 32.4 Å². The molecule has 2 heterocycles. The number of hydrogen-bond acceptors (Lipinski definition) is 6. The predicted octanol–water partition coefficient (Wildman–Crippen LogP) is 0.959. The Hall–Kier alpha value is -1.40. The molecule has 106 valence electrons. The fourth-order valence-electron chi connectivity index (χ4n) is 2.14. The number of hydrogen-bond donors (Lipinski definition) is 2. The van der Waals surface area contributed by atoms with Crippen LogP contribution in [0, 0.1) is 6.92 Å². The van der Waals surface area contributed by atoms with Gasteiger partial charge in [0.1, 0.15) is 5.82 Å². The quantitative estimate of drug-likeness (QED) is 0.827. The van der Waals surface area contributed by atoms with Crippen LogP contribution in [0.1, 0.15) is 12.5 Å². The summed E-state index contributed by atoms with van der Waals surface area (Å²) in [5.41, 5.74) is 1.04. The summed E-state index contributed by atoms with van der Waals surface area (Å²) < 4.78 is 5.76. The van der Waals surface area contributed by atoms with Crippen LogP contribution in [-0.4, -0.2) is 60.8 Å². The molecule has 0 aromatic carbocycles. The van der Waals surface area contributed by atoms with Gasteiger partial charge in [0, 0.05) is 38.4 Å². The van der Waals surface area contributed by atoms with Crippen molar-refractivity contribution in [3.8, 4) is 0 Å². The van der Waals surface area contributed by atoms with Gasteiger partial charge in [0.2, 0.25) is 5.95 Å². The van der Waals surface area contributed by atoms with Crippen molar-refractivity contribution >= 4 is 11.8 Å². The van der Waals surface area contributed by atoms with E-state index in [9.17, 15) is 0 Å². The first-order valence-corrected chi connectivity index (χ1v) is 6.82. The number of nitrogens with zero attached hydrogens (tertiary/aromatic N) is 3. The second-order valence-electron chi connectivity index (χ2n) is 4.74. The van der Waals surface area contributed by atoms with Gasteiger partial charge in [-0.3, -0.25) is 4.90 Å². The number of nitrogens with one attached hydrogen (secondary N) is 2. The summed E-state index contributed by atoms with van der Waals surface area (Å²) in [5, 5.41) is 6.31. The lowest BCUT2D eigenvalue weighted by Crippen LogP contribution is -2.45. The molecule has 2 rings (SSSR count). The van der Waals surface area contributed by atoms with Gasteiger partial charge < -0.3 is 15.4 Å². The van der Waals surface area contributed by atoms with Gasteiger partial charge in [0.15, 0.2) is 0 Å². The van der Waals surface area contributed by atoms with E-state index in [0.29, 0.717) is 5.95 Å². The molecule has 1 unspecified atom stereocenters. The molecule has 1 aromatic rings. The third kappa shape index (κ3) is 3.78. The maximum atomic E-state index is 5.76. The van der Waals surface area contributed by atoms with E-state index in [1.165, 1.54) is 0 Å². The van der Waals surface area contributed by atoms with Gasteiger partial charge in [-0.05, 0) is 13.5 Å². The second kappa shape index (κ2) is 6.68. The summed E-state index contributed by atoms with van der Waals surface area (Å²) >= 11 is 0. The van der Waals surface area contributed by atoms with Crippen molar-refractivity contribution in [3.05, 3.63) is 11.8 Å². The average molecular weight is 265 g/mol. The van der Waals surface area contributed by atoms with Crippen molar-refractivity contribution in [1.82, 2.24) is 14.9 Å². The van der Waals surface area contributed by atoms with Crippen molar-refractivity contribution in [2.75, 3.05) is 50.5 Å². The van der Waals surface area contributed by atoms with Crippen molar-refractivity contribution in [3.63, 3.8) is 0 Å². The van der Waals surface area contributed by atoms with Crippen molar-refractivity contribution in [2.24, 2.45) is 0 Å². The number of rotatable bonds is 5. The van der Waals surface area contributed by atoms with Gasteiger partial charge in [-0.25, -0.2) is 4.98 Å².